The van der Waals surface area contributed by atoms with Crippen molar-refractivity contribution < 1.29 is 9.72 Å². The number of amides is 1. The maximum atomic E-state index is 12.8. The molecule has 9 nitrogen and oxygen atoms in total. The lowest BCUT2D eigenvalue weighted by Crippen LogP contribution is -2.25. The van der Waals surface area contributed by atoms with E-state index >= 15 is 0 Å². The third kappa shape index (κ3) is 5.64. The van der Waals surface area contributed by atoms with Gasteiger partial charge in [-0.2, -0.15) is 5.10 Å². The quantitative estimate of drug-likeness (QED) is 0.144. The van der Waals surface area contributed by atoms with Crippen molar-refractivity contribution in [2.75, 3.05) is 5.75 Å². The molecule has 10 heteroatoms. The molecule has 1 heterocycles. The number of fused-ring (bicyclic) bond motifs is 1. The minimum Gasteiger partial charge on any atom is -0.283 e. The molecule has 31 heavy (non-hydrogen) atoms. The lowest BCUT2D eigenvalue weighted by atomic mass is 10.2. The number of nitro benzene ring substituents is 1. The molecule has 0 atom stereocenters. The van der Waals surface area contributed by atoms with E-state index < -0.39 is 10.8 Å². The Morgan fingerprint density at radius 1 is 1.32 bits per heavy atom. The summed E-state index contributed by atoms with van der Waals surface area (Å²) in [6.45, 7) is 5.97. The monoisotopic (exact) mass is 437 g/mol. The van der Waals surface area contributed by atoms with Crippen LogP contribution >= 0.6 is 11.8 Å². The molecule has 0 fully saturated rings. The van der Waals surface area contributed by atoms with Gasteiger partial charge in [-0.05, 0) is 19.1 Å². The summed E-state index contributed by atoms with van der Waals surface area (Å²) in [5.74, 6) is -0.427. The van der Waals surface area contributed by atoms with Gasteiger partial charge in [-0.25, -0.2) is 10.4 Å². The molecular formula is C21H19N5O4S. The topological polar surface area (TPSA) is 119 Å². The van der Waals surface area contributed by atoms with Crippen LogP contribution < -0.4 is 11.0 Å². The van der Waals surface area contributed by atoms with Gasteiger partial charge in [0.25, 0.3) is 17.2 Å². The molecule has 0 radical (unpaired) electrons. The lowest BCUT2D eigenvalue weighted by Gasteiger charge is -2.12. The van der Waals surface area contributed by atoms with Gasteiger partial charge >= 0.3 is 0 Å². The number of para-hydroxylation sites is 1. The van der Waals surface area contributed by atoms with Crippen LogP contribution in [-0.4, -0.2) is 32.3 Å². The Balaban J connectivity index is 1.71. The second kappa shape index (κ2) is 9.81. The third-order valence-electron chi connectivity index (χ3n) is 4.07. The van der Waals surface area contributed by atoms with Gasteiger partial charge in [0.1, 0.15) is 0 Å². The molecule has 0 aliphatic rings. The highest BCUT2D eigenvalue weighted by atomic mass is 32.2. The van der Waals surface area contributed by atoms with Gasteiger partial charge in [-0.15, -0.1) is 0 Å². The predicted molar refractivity (Wildman–Crippen MR) is 120 cm³/mol. The standard InChI is InChI=1S/C21H19N5O4S/c1-14(2)12-25-20(28)17-8-3-4-9-18(17)23-21(25)31-13-19(27)24-22-11-15-6-5-7-16(10-15)26(29)30/h3-11H,1,12-13H2,2H3,(H,24,27). The first-order chi connectivity index (χ1) is 14.8. The molecule has 0 bridgehead atoms. The number of nitrogens with zero attached hydrogens (tertiary/aromatic N) is 4. The van der Waals surface area contributed by atoms with Crippen LogP contribution in [0.15, 0.2) is 75.7 Å². The van der Waals surface area contributed by atoms with Gasteiger partial charge in [0.15, 0.2) is 5.16 Å². The van der Waals surface area contributed by atoms with E-state index in [1.807, 2.05) is 6.92 Å². The number of thioether (sulfide) groups is 1. The molecule has 0 aliphatic heterocycles. The number of aromatic nitrogens is 2. The molecule has 0 aliphatic carbocycles. The summed E-state index contributed by atoms with van der Waals surface area (Å²) in [4.78, 5) is 39.8. The third-order valence-corrected chi connectivity index (χ3v) is 5.05. The van der Waals surface area contributed by atoms with Gasteiger partial charge in [0.2, 0.25) is 0 Å². The van der Waals surface area contributed by atoms with E-state index in [1.165, 1.54) is 29.0 Å². The zero-order valence-corrected chi connectivity index (χ0v) is 17.5. The maximum Gasteiger partial charge on any atom is 0.270 e. The number of carbonyl (C=O) groups is 1. The molecule has 0 saturated heterocycles. The molecular weight excluding hydrogens is 418 g/mol. The SMILES string of the molecule is C=C(C)Cn1c(SCC(=O)NN=Cc2cccc([N+](=O)[O-])c2)nc2ccccc2c1=O. The number of hydrazone groups is 1. The van der Waals surface area contributed by atoms with E-state index in [0.717, 1.165) is 17.3 Å². The van der Waals surface area contributed by atoms with Crippen molar-refractivity contribution in [3.05, 3.63) is 86.7 Å². The van der Waals surface area contributed by atoms with E-state index in [-0.39, 0.29) is 17.0 Å². The molecule has 1 amide bonds. The normalized spacial score (nSPS) is 11.0. The highest BCUT2D eigenvalue weighted by Crippen LogP contribution is 2.18. The number of rotatable bonds is 8. The minimum absolute atomic E-state index is 0.0206. The molecule has 1 aromatic heterocycles. The summed E-state index contributed by atoms with van der Waals surface area (Å²) in [6, 6.07) is 12.9. The fourth-order valence-electron chi connectivity index (χ4n) is 2.73. The lowest BCUT2D eigenvalue weighted by molar-refractivity contribution is -0.384. The molecule has 0 unspecified atom stereocenters. The number of nitrogens with one attached hydrogen (secondary N) is 1. The molecule has 3 aromatic rings. The first kappa shape index (κ1) is 21.9. The number of benzene rings is 2. The Morgan fingerprint density at radius 3 is 2.84 bits per heavy atom. The highest BCUT2D eigenvalue weighted by Gasteiger charge is 2.13. The minimum atomic E-state index is -0.506. The number of carbonyl (C=O) groups excluding carboxylic acids is 1. The Morgan fingerprint density at radius 2 is 2.10 bits per heavy atom. The maximum absolute atomic E-state index is 12.8. The van der Waals surface area contributed by atoms with Crippen LogP contribution in [0.3, 0.4) is 0 Å². The van der Waals surface area contributed by atoms with E-state index in [1.54, 1.807) is 30.3 Å². The van der Waals surface area contributed by atoms with Gasteiger partial charge in [0, 0.05) is 24.2 Å². The predicted octanol–water partition coefficient (Wildman–Crippen LogP) is 3.12. The fraction of sp³-hybridized carbons (Fsp3) is 0.143. The summed E-state index contributed by atoms with van der Waals surface area (Å²) in [5.41, 5.74) is 3.93. The van der Waals surface area contributed by atoms with E-state index in [9.17, 15) is 19.7 Å². The van der Waals surface area contributed by atoms with Crippen molar-refractivity contribution in [2.24, 2.45) is 5.10 Å². The highest BCUT2D eigenvalue weighted by molar-refractivity contribution is 7.99. The van der Waals surface area contributed by atoms with Crippen molar-refractivity contribution in [1.82, 2.24) is 15.0 Å². The van der Waals surface area contributed by atoms with Crippen molar-refractivity contribution in [1.29, 1.82) is 0 Å². The van der Waals surface area contributed by atoms with Crippen LogP contribution in [0.4, 0.5) is 5.69 Å². The second-order valence-corrected chi connectivity index (χ2v) is 7.64. The van der Waals surface area contributed by atoms with Crippen LogP contribution in [0.5, 0.6) is 0 Å². The molecule has 0 spiro atoms. The van der Waals surface area contributed by atoms with Crippen molar-refractivity contribution >= 4 is 40.5 Å². The first-order valence-electron chi connectivity index (χ1n) is 9.18. The van der Waals surface area contributed by atoms with Gasteiger partial charge in [-0.1, -0.05) is 48.2 Å². The van der Waals surface area contributed by atoms with E-state index in [4.69, 9.17) is 0 Å². The van der Waals surface area contributed by atoms with Gasteiger partial charge in [-0.3, -0.25) is 24.3 Å². The fourth-order valence-corrected chi connectivity index (χ4v) is 3.52. The number of hydrogen-bond donors (Lipinski definition) is 1. The first-order valence-corrected chi connectivity index (χ1v) is 10.2. The summed E-state index contributed by atoms with van der Waals surface area (Å²) in [6.07, 6.45) is 1.32. The molecule has 158 valence electrons. The summed E-state index contributed by atoms with van der Waals surface area (Å²) < 4.78 is 1.50. The number of allylic oxidation sites excluding steroid dienone is 1. The second-order valence-electron chi connectivity index (χ2n) is 6.69. The molecule has 1 N–H and O–H groups in total. The van der Waals surface area contributed by atoms with Crippen LogP contribution in [0, 0.1) is 10.1 Å². The zero-order chi connectivity index (χ0) is 22.4. The smallest absolute Gasteiger partial charge is 0.270 e. The Labute approximate surface area is 181 Å². The molecule has 0 saturated carbocycles. The average Bonchev–Trinajstić information content (AvgIpc) is 2.74. The Bertz CT molecular complexity index is 1250. The average molecular weight is 437 g/mol. The van der Waals surface area contributed by atoms with Crippen LogP contribution in [0.1, 0.15) is 12.5 Å². The van der Waals surface area contributed by atoms with Crippen molar-refractivity contribution in [3.63, 3.8) is 0 Å². The summed E-state index contributed by atoms with van der Waals surface area (Å²) >= 11 is 1.11. The number of non-ortho nitro benzene ring substituents is 1. The molecule has 2 aromatic carbocycles. The Hall–Kier alpha value is -3.79. The Kier molecular flexibility index (Phi) is 6.93. The largest absolute Gasteiger partial charge is 0.283 e. The molecule has 3 rings (SSSR count). The van der Waals surface area contributed by atoms with Gasteiger partial charge < -0.3 is 0 Å². The van der Waals surface area contributed by atoms with E-state index in [0.29, 0.717) is 28.2 Å². The van der Waals surface area contributed by atoms with Crippen molar-refractivity contribution in [3.8, 4) is 0 Å². The number of hydrogen-bond acceptors (Lipinski definition) is 7. The summed E-state index contributed by atoms with van der Waals surface area (Å²) in [7, 11) is 0. The van der Waals surface area contributed by atoms with E-state index in [2.05, 4.69) is 22.1 Å². The van der Waals surface area contributed by atoms with Crippen LogP contribution in [0.2, 0.25) is 0 Å². The van der Waals surface area contributed by atoms with Crippen LogP contribution in [-0.2, 0) is 11.3 Å². The van der Waals surface area contributed by atoms with Gasteiger partial charge in [0.05, 0.1) is 27.8 Å². The van der Waals surface area contributed by atoms with Crippen LogP contribution in [0.25, 0.3) is 10.9 Å². The zero-order valence-electron chi connectivity index (χ0n) is 16.6. The summed E-state index contributed by atoms with van der Waals surface area (Å²) in [5, 5.41) is 15.5. The van der Waals surface area contributed by atoms with Crippen molar-refractivity contribution in [2.45, 2.75) is 18.6 Å². The number of nitro groups is 1.